The maximum Gasteiger partial charge on any atom is 0.238 e. The number of nitrogens with one attached hydrogen (secondary N) is 1. The summed E-state index contributed by atoms with van der Waals surface area (Å²) < 4.78 is 10.8. The van der Waals surface area contributed by atoms with Crippen LogP contribution in [0.2, 0.25) is 0 Å². The Balaban J connectivity index is 1.81. The predicted octanol–water partition coefficient (Wildman–Crippen LogP) is 2.70. The second kappa shape index (κ2) is 10.5. The van der Waals surface area contributed by atoms with Crippen LogP contribution in [-0.4, -0.2) is 55.4 Å². The van der Waals surface area contributed by atoms with Crippen molar-refractivity contribution in [2.24, 2.45) is 0 Å². The summed E-state index contributed by atoms with van der Waals surface area (Å²) in [6.07, 6.45) is -0.690. The van der Waals surface area contributed by atoms with E-state index in [2.05, 4.69) is 5.32 Å². The van der Waals surface area contributed by atoms with Crippen molar-refractivity contribution in [2.75, 3.05) is 38.7 Å². The van der Waals surface area contributed by atoms with Crippen LogP contribution in [0.25, 0.3) is 0 Å². The van der Waals surface area contributed by atoms with Crippen LogP contribution in [0.3, 0.4) is 0 Å². The summed E-state index contributed by atoms with van der Waals surface area (Å²) in [7, 11) is 1.56. The molecule has 27 heavy (non-hydrogen) atoms. The smallest absolute Gasteiger partial charge is 0.238 e. The lowest BCUT2D eigenvalue weighted by Crippen LogP contribution is -2.40. The Bertz CT molecular complexity index is 718. The molecule has 0 aliphatic carbocycles. The first kappa shape index (κ1) is 20.7. The molecular weight excluding hydrogens is 344 g/mol. The number of hydrogen-bond donors (Lipinski definition) is 2. The van der Waals surface area contributed by atoms with Gasteiger partial charge in [-0.2, -0.15) is 0 Å². The van der Waals surface area contributed by atoms with Gasteiger partial charge in [0.25, 0.3) is 0 Å². The van der Waals surface area contributed by atoms with Gasteiger partial charge in [0, 0.05) is 6.54 Å². The monoisotopic (exact) mass is 372 g/mol. The molecule has 0 radical (unpaired) electrons. The summed E-state index contributed by atoms with van der Waals surface area (Å²) in [4.78, 5) is 14.2. The molecule has 2 N–H and O–H groups in total. The zero-order valence-corrected chi connectivity index (χ0v) is 16.1. The van der Waals surface area contributed by atoms with Crippen LogP contribution in [-0.2, 0) is 4.79 Å². The van der Waals surface area contributed by atoms with Crippen molar-refractivity contribution >= 4 is 11.6 Å². The van der Waals surface area contributed by atoms with E-state index in [0.717, 1.165) is 11.3 Å². The van der Waals surface area contributed by atoms with E-state index in [4.69, 9.17) is 9.47 Å². The second-order valence-corrected chi connectivity index (χ2v) is 6.35. The molecule has 0 aromatic heterocycles. The lowest BCUT2D eigenvalue weighted by Gasteiger charge is -2.23. The van der Waals surface area contributed by atoms with Crippen molar-refractivity contribution < 1.29 is 19.4 Å². The Labute approximate surface area is 160 Å². The number of carbonyl (C=O) groups excluding carboxylic acids is 1. The number of para-hydroxylation sites is 2. The Morgan fingerprint density at radius 1 is 1.19 bits per heavy atom. The van der Waals surface area contributed by atoms with Crippen molar-refractivity contribution in [1.29, 1.82) is 0 Å². The first-order valence-corrected chi connectivity index (χ1v) is 9.04. The highest BCUT2D eigenvalue weighted by Crippen LogP contribution is 2.22. The highest BCUT2D eigenvalue weighted by Gasteiger charge is 2.15. The van der Waals surface area contributed by atoms with Gasteiger partial charge in [-0.15, -0.1) is 0 Å². The number of nitrogens with zero attached hydrogens (tertiary/aromatic N) is 1. The summed E-state index contributed by atoms with van der Waals surface area (Å²) >= 11 is 0. The van der Waals surface area contributed by atoms with E-state index in [9.17, 15) is 9.90 Å². The summed E-state index contributed by atoms with van der Waals surface area (Å²) in [6, 6.07) is 14.9. The molecule has 1 amide bonds. The molecule has 146 valence electrons. The first-order chi connectivity index (χ1) is 13.0. The molecule has 2 aromatic rings. The van der Waals surface area contributed by atoms with E-state index < -0.39 is 6.10 Å². The van der Waals surface area contributed by atoms with Crippen LogP contribution in [0.5, 0.6) is 11.5 Å². The van der Waals surface area contributed by atoms with E-state index in [0.29, 0.717) is 24.5 Å². The Morgan fingerprint density at radius 3 is 2.56 bits per heavy atom. The number of aliphatic hydroxyl groups excluding tert-OH is 1. The van der Waals surface area contributed by atoms with Gasteiger partial charge in [-0.25, -0.2) is 0 Å². The van der Waals surface area contributed by atoms with E-state index in [1.807, 2.05) is 55.1 Å². The first-order valence-electron chi connectivity index (χ1n) is 9.04. The molecule has 1 unspecified atom stereocenters. The molecule has 0 heterocycles. The number of carbonyl (C=O) groups is 1. The number of amides is 1. The van der Waals surface area contributed by atoms with Gasteiger partial charge in [-0.3, -0.25) is 9.69 Å². The van der Waals surface area contributed by atoms with Crippen LogP contribution in [0.1, 0.15) is 12.5 Å². The molecule has 0 aliphatic heterocycles. The van der Waals surface area contributed by atoms with Gasteiger partial charge in [-0.1, -0.05) is 36.8 Å². The lowest BCUT2D eigenvalue weighted by atomic mass is 10.2. The third kappa shape index (κ3) is 6.92. The van der Waals surface area contributed by atoms with Gasteiger partial charge < -0.3 is 19.9 Å². The standard InChI is InChI=1S/C21H28N2O4/c1-4-23(13-17(24)15-27-18-11-9-16(2)10-12-18)14-21(25)22-19-7-5-6-8-20(19)26-3/h5-12,17,24H,4,13-15H2,1-3H3,(H,22,25). The molecular formula is C21H28N2O4. The molecule has 6 heteroatoms. The fraction of sp³-hybridized carbons (Fsp3) is 0.381. The van der Waals surface area contributed by atoms with Gasteiger partial charge in [0.1, 0.15) is 24.2 Å². The fourth-order valence-corrected chi connectivity index (χ4v) is 2.62. The van der Waals surface area contributed by atoms with Crippen LogP contribution in [0, 0.1) is 6.92 Å². The van der Waals surface area contributed by atoms with Gasteiger partial charge in [0.2, 0.25) is 5.91 Å². The topological polar surface area (TPSA) is 71.0 Å². The number of ether oxygens (including phenoxy) is 2. The van der Waals surface area contributed by atoms with Crippen LogP contribution < -0.4 is 14.8 Å². The SMILES string of the molecule is CCN(CC(=O)Nc1ccccc1OC)CC(O)COc1ccc(C)cc1. The third-order valence-corrected chi connectivity index (χ3v) is 4.13. The third-order valence-electron chi connectivity index (χ3n) is 4.13. The Kier molecular flexibility index (Phi) is 8.10. The average molecular weight is 372 g/mol. The molecule has 0 saturated heterocycles. The highest BCUT2D eigenvalue weighted by atomic mass is 16.5. The van der Waals surface area contributed by atoms with Crippen LogP contribution in [0.15, 0.2) is 48.5 Å². The molecule has 0 fully saturated rings. The normalized spacial score (nSPS) is 11.9. The molecule has 0 saturated carbocycles. The Hall–Kier alpha value is -2.57. The minimum Gasteiger partial charge on any atom is -0.495 e. The molecule has 0 aliphatic rings. The highest BCUT2D eigenvalue weighted by molar-refractivity contribution is 5.93. The van der Waals surface area contributed by atoms with Crippen molar-refractivity contribution in [3.8, 4) is 11.5 Å². The Morgan fingerprint density at radius 2 is 1.89 bits per heavy atom. The van der Waals surface area contributed by atoms with Crippen molar-refractivity contribution in [3.63, 3.8) is 0 Å². The number of likely N-dealkylation sites (N-methyl/N-ethyl adjacent to an activating group) is 1. The number of hydrogen-bond acceptors (Lipinski definition) is 5. The molecule has 0 spiro atoms. The van der Waals surface area contributed by atoms with Gasteiger partial charge in [0.15, 0.2) is 0 Å². The van der Waals surface area contributed by atoms with E-state index in [1.54, 1.807) is 19.2 Å². The summed E-state index contributed by atoms with van der Waals surface area (Å²) in [6.45, 7) is 5.30. The summed E-state index contributed by atoms with van der Waals surface area (Å²) in [5.41, 5.74) is 1.78. The summed E-state index contributed by atoms with van der Waals surface area (Å²) in [5.74, 6) is 1.17. The molecule has 2 rings (SSSR count). The molecule has 2 aromatic carbocycles. The number of benzene rings is 2. The number of aliphatic hydroxyl groups is 1. The molecule has 6 nitrogen and oxygen atoms in total. The largest absolute Gasteiger partial charge is 0.495 e. The number of rotatable bonds is 10. The van der Waals surface area contributed by atoms with E-state index >= 15 is 0 Å². The lowest BCUT2D eigenvalue weighted by molar-refractivity contribution is -0.117. The maximum absolute atomic E-state index is 12.3. The maximum atomic E-state index is 12.3. The quantitative estimate of drug-likeness (QED) is 0.671. The number of aryl methyl sites for hydroxylation is 1. The molecule has 0 bridgehead atoms. The fourth-order valence-electron chi connectivity index (χ4n) is 2.62. The van der Waals surface area contributed by atoms with E-state index in [1.165, 1.54) is 0 Å². The van der Waals surface area contributed by atoms with Gasteiger partial charge in [-0.05, 0) is 37.7 Å². The van der Waals surface area contributed by atoms with Crippen LogP contribution >= 0.6 is 0 Å². The minimum absolute atomic E-state index is 0.159. The van der Waals surface area contributed by atoms with Crippen molar-refractivity contribution in [2.45, 2.75) is 20.0 Å². The average Bonchev–Trinajstić information content (AvgIpc) is 2.67. The van der Waals surface area contributed by atoms with E-state index in [-0.39, 0.29) is 19.1 Å². The zero-order chi connectivity index (χ0) is 19.6. The number of methoxy groups -OCH3 is 1. The van der Waals surface area contributed by atoms with Gasteiger partial charge in [0.05, 0.1) is 19.3 Å². The van der Waals surface area contributed by atoms with Crippen LogP contribution in [0.4, 0.5) is 5.69 Å². The van der Waals surface area contributed by atoms with Crippen molar-refractivity contribution in [1.82, 2.24) is 4.90 Å². The minimum atomic E-state index is -0.690. The predicted molar refractivity (Wildman–Crippen MR) is 106 cm³/mol. The van der Waals surface area contributed by atoms with Crippen molar-refractivity contribution in [3.05, 3.63) is 54.1 Å². The number of anilines is 1. The summed E-state index contributed by atoms with van der Waals surface area (Å²) in [5, 5.41) is 13.1. The zero-order valence-electron chi connectivity index (χ0n) is 16.1. The second-order valence-electron chi connectivity index (χ2n) is 6.35. The molecule has 1 atom stereocenters. The van der Waals surface area contributed by atoms with Gasteiger partial charge >= 0.3 is 0 Å².